The highest BCUT2D eigenvalue weighted by molar-refractivity contribution is 5.51. The lowest BCUT2D eigenvalue weighted by atomic mass is 9.83. The van der Waals surface area contributed by atoms with E-state index in [2.05, 4.69) is 34.4 Å². The SMILES string of the molecule is CCCNc1cc(NC2CCC(CCC)CC2)nc(N)n1. The van der Waals surface area contributed by atoms with Crippen LogP contribution >= 0.6 is 0 Å². The summed E-state index contributed by atoms with van der Waals surface area (Å²) in [7, 11) is 0. The molecule has 2 rings (SSSR count). The van der Waals surface area contributed by atoms with Crippen molar-refractivity contribution in [3.8, 4) is 0 Å². The van der Waals surface area contributed by atoms with E-state index in [4.69, 9.17) is 5.73 Å². The second kappa shape index (κ2) is 8.05. The molecule has 1 aromatic rings. The van der Waals surface area contributed by atoms with Crippen molar-refractivity contribution in [2.45, 2.75) is 64.8 Å². The molecule has 1 aliphatic carbocycles. The maximum Gasteiger partial charge on any atom is 0.223 e. The van der Waals surface area contributed by atoms with Crippen LogP contribution in [0.1, 0.15) is 58.8 Å². The largest absolute Gasteiger partial charge is 0.370 e. The van der Waals surface area contributed by atoms with Crippen LogP contribution in [0.4, 0.5) is 17.6 Å². The smallest absolute Gasteiger partial charge is 0.223 e. The lowest BCUT2D eigenvalue weighted by Crippen LogP contribution is -2.26. The molecule has 0 amide bonds. The van der Waals surface area contributed by atoms with Crippen LogP contribution in [0.25, 0.3) is 0 Å². The first-order valence-electron chi connectivity index (χ1n) is 8.36. The summed E-state index contributed by atoms with van der Waals surface area (Å²) in [5.74, 6) is 2.91. The Hall–Kier alpha value is -1.52. The highest BCUT2D eigenvalue weighted by atomic mass is 15.1. The lowest BCUT2D eigenvalue weighted by Gasteiger charge is -2.29. The van der Waals surface area contributed by atoms with Gasteiger partial charge in [-0.05, 0) is 38.0 Å². The number of anilines is 3. The van der Waals surface area contributed by atoms with Gasteiger partial charge in [0.2, 0.25) is 5.95 Å². The van der Waals surface area contributed by atoms with Gasteiger partial charge >= 0.3 is 0 Å². The average Bonchev–Trinajstić information content (AvgIpc) is 2.47. The number of aromatic nitrogens is 2. The molecule has 1 saturated carbocycles. The molecule has 0 atom stereocenters. The molecule has 0 aromatic carbocycles. The normalized spacial score (nSPS) is 22.0. The molecular weight excluding hydrogens is 262 g/mol. The first kappa shape index (κ1) is 15.9. The van der Waals surface area contributed by atoms with Gasteiger partial charge in [0.25, 0.3) is 0 Å². The quantitative estimate of drug-likeness (QED) is 0.715. The molecule has 1 aliphatic rings. The Morgan fingerprint density at radius 1 is 1.10 bits per heavy atom. The van der Waals surface area contributed by atoms with Crippen molar-refractivity contribution in [3.05, 3.63) is 6.07 Å². The van der Waals surface area contributed by atoms with Crippen LogP contribution < -0.4 is 16.4 Å². The molecule has 1 fully saturated rings. The van der Waals surface area contributed by atoms with Gasteiger partial charge in [-0.2, -0.15) is 9.97 Å². The third kappa shape index (κ3) is 5.06. The van der Waals surface area contributed by atoms with Crippen LogP contribution in [0.2, 0.25) is 0 Å². The fraction of sp³-hybridized carbons (Fsp3) is 0.750. The minimum Gasteiger partial charge on any atom is -0.370 e. The summed E-state index contributed by atoms with van der Waals surface area (Å²) >= 11 is 0. The van der Waals surface area contributed by atoms with Gasteiger partial charge in [-0.3, -0.25) is 0 Å². The molecule has 0 saturated heterocycles. The topological polar surface area (TPSA) is 75.9 Å². The van der Waals surface area contributed by atoms with E-state index in [1.807, 2.05) is 6.07 Å². The first-order chi connectivity index (χ1) is 10.2. The summed E-state index contributed by atoms with van der Waals surface area (Å²) in [6, 6.07) is 2.48. The Balaban J connectivity index is 1.89. The van der Waals surface area contributed by atoms with Crippen LogP contribution in [0.15, 0.2) is 6.07 Å². The van der Waals surface area contributed by atoms with E-state index >= 15 is 0 Å². The third-order valence-electron chi connectivity index (χ3n) is 4.20. The number of nitrogens with one attached hydrogen (secondary N) is 2. The van der Waals surface area contributed by atoms with Gasteiger partial charge in [0.1, 0.15) is 11.6 Å². The number of hydrogen-bond donors (Lipinski definition) is 3. The van der Waals surface area contributed by atoms with E-state index < -0.39 is 0 Å². The summed E-state index contributed by atoms with van der Waals surface area (Å²) in [5, 5.41) is 6.80. The molecule has 21 heavy (non-hydrogen) atoms. The van der Waals surface area contributed by atoms with E-state index in [-0.39, 0.29) is 0 Å². The fourth-order valence-corrected chi connectivity index (χ4v) is 3.10. The number of nitrogens with two attached hydrogens (primary N) is 1. The number of nitrogens with zero attached hydrogens (tertiary/aromatic N) is 2. The van der Waals surface area contributed by atoms with Crippen LogP contribution in [-0.2, 0) is 0 Å². The van der Waals surface area contributed by atoms with Crippen LogP contribution in [-0.4, -0.2) is 22.6 Å². The van der Waals surface area contributed by atoms with Crippen molar-refractivity contribution < 1.29 is 0 Å². The minimum absolute atomic E-state index is 0.332. The number of hydrogen-bond acceptors (Lipinski definition) is 5. The molecule has 4 N–H and O–H groups in total. The van der Waals surface area contributed by atoms with Crippen LogP contribution in [0.3, 0.4) is 0 Å². The molecule has 0 unspecified atom stereocenters. The maximum atomic E-state index is 5.80. The molecule has 5 heteroatoms. The summed E-state index contributed by atoms with van der Waals surface area (Å²) in [4.78, 5) is 8.52. The van der Waals surface area contributed by atoms with Gasteiger partial charge in [0.15, 0.2) is 0 Å². The molecule has 1 heterocycles. The minimum atomic E-state index is 0.332. The second-order valence-electron chi connectivity index (χ2n) is 6.07. The molecule has 118 valence electrons. The van der Waals surface area contributed by atoms with Gasteiger partial charge < -0.3 is 16.4 Å². The zero-order valence-corrected chi connectivity index (χ0v) is 13.4. The van der Waals surface area contributed by atoms with Crippen LogP contribution in [0.5, 0.6) is 0 Å². The van der Waals surface area contributed by atoms with Crippen molar-refractivity contribution in [1.29, 1.82) is 0 Å². The fourth-order valence-electron chi connectivity index (χ4n) is 3.10. The van der Waals surface area contributed by atoms with Gasteiger partial charge in [-0.25, -0.2) is 0 Å². The zero-order chi connectivity index (χ0) is 15.1. The Labute approximate surface area is 128 Å². The maximum absolute atomic E-state index is 5.80. The Morgan fingerprint density at radius 2 is 1.81 bits per heavy atom. The Kier molecular flexibility index (Phi) is 6.08. The molecule has 0 aliphatic heterocycles. The Morgan fingerprint density at radius 3 is 2.48 bits per heavy atom. The van der Waals surface area contributed by atoms with E-state index in [0.29, 0.717) is 12.0 Å². The molecular formula is C16H29N5. The molecule has 1 aromatic heterocycles. The Bertz CT molecular complexity index is 427. The van der Waals surface area contributed by atoms with Gasteiger partial charge in [0.05, 0.1) is 0 Å². The van der Waals surface area contributed by atoms with Crippen molar-refractivity contribution in [2.75, 3.05) is 22.9 Å². The van der Waals surface area contributed by atoms with Crippen molar-refractivity contribution in [3.63, 3.8) is 0 Å². The predicted octanol–water partition coefficient (Wildman–Crippen LogP) is 3.65. The van der Waals surface area contributed by atoms with E-state index in [9.17, 15) is 0 Å². The summed E-state index contributed by atoms with van der Waals surface area (Å²) in [5.41, 5.74) is 5.80. The van der Waals surface area contributed by atoms with E-state index in [1.165, 1.54) is 38.5 Å². The number of nitrogen functional groups attached to an aromatic ring is 1. The predicted molar refractivity (Wildman–Crippen MR) is 89.5 cm³/mol. The highest BCUT2D eigenvalue weighted by Crippen LogP contribution is 2.29. The second-order valence-corrected chi connectivity index (χ2v) is 6.07. The average molecular weight is 291 g/mol. The zero-order valence-electron chi connectivity index (χ0n) is 13.4. The van der Waals surface area contributed by atoms with Crippen molar-refractivity contribution in [2.24, 2.45) is 5.92 Å². The van der Waals surface area contributed by atoms with Gasteiger partial charge in [0, 0.05) is 18.7 Å². The molecule has 0 spiro atoms. The third-order valence-corrected chi connectivity index (χ3v) is 4.20. The molecule has 0 radical (unpaired) electrons. The summed E-state index contributed by atoms with van der Waals surface area (Å²) < 4.78 is 0. The van der Waals surface area contributed by atoms with Gasteiger partial charge in [-0.15, -0.1) is 0 Å². The van der Waals surface area contributed by atoms with E-state index in [0.717, 1.165) is 30.5 Å². The lowest BCUT2D eigenvalue weighted by molar-refractivity contribution is 0.318. The molecule has 5 nitrogen and oxygen atoms in total. The first-order valence-corrected chi connectivity index (χ1v) is 8.36. The van der Waals surface area contributed by atoms with Gasteiger partial charge in [-0.1, -0.05) is 26.7 Å². The highest BCUT2D eigenvalue weighted by Gasteiger charge is 2.20. The van der Waals surface area contributed by atoms with Crippen molar-refractivity contribution in [1.82, 2.24) is 9.97 Å². The number of rotatable bonds is 7. The van der Waals surface area contributed by atoms with Crippen LogP contribution in [0, 0.1) is 5.92 Å². The van der Waals surface area contributed by atoms with E-state index in [1.54, 1.807) is 0 Å². The standard InChI is InChI=1S/C16H29N5/c1-3-5-12-6-8-13(9-7-12)19-15-11-14(18-10-4-2)20-16(17)21-15/h11-13H,3-10H2,1-2H3,(H4,17,18,19,20,21). The molecule has 0 bridgehead atoms. The van der Waals surface area contributed by atoms with Crippen molar-refractivity contribution >= 4 is 17.6 Å². The monoisotopic (exact) mass is 291 g/mol. The summed E-state index contributed by atoms with van der Waals surface area (Å²) in [6.45, 7) is 5.31. The summed E-state index contributed by atoms with van der Waals surface area (Å²) in [6.07, 6.45) is 8.85.